The highest BCUT2D eigenvalue weighted by atomic mass is 16.5. The van der Waals surface area contributed by atoms with Crippen molar-refractivity contribution in [2.45, 2.75) is 45.6 Å². The topological polar surface area (TPSA) is 107 Å². The molecule has 0 unspecified atom stereocenters. The molecule has 6 nitrogen and oxygen atoms in total. The summed E-state index contributed by atoms with van der Waals surface area (Å²) in [5, 5.41) is 40.7. The lowest BCUT2D eigenvalue weighted by molar-refractivity contribution is 0.0839. The number of ether oxygens (including phenoxy) is 1. The summed E-state index contributed by atoms with van der Waals surface area (Å²) in [7, 11) is 0. The fourth-order valence-electron chi connectivity index (χ4n) is 3.89. The third kappa shape index (κ3) is 4.68. The normalized spacial score (nSPS) is 16.3. The second-order valence-electron chi connectivity index (χ2n) is 8.32. The fourth-order valence-corrected chi connectivity index (χ4v) is 3.89. The van der Waals surface area contributed by atoms with Crippen LogP contribution in [0.25, 0.3) is 0 Å². The second kappa shape index (κ2) is 8.76. The van der Waals surface area contributed by atoms with Crippen LogP contribution in [0.15, 0.2) is 48.6 Å². The molecule has 0 aliphatic carbocycles. The van der Waals surface area contributed by atoms with E-state index >= 15 is 0 Å². The third-order valence-electron chi connectivity index (χ3n) is 5.68. The van der Waals surface area contributed by atoms with Crippen molar-refractivity contribution in [2.75, 3.05) is 0 Å². The highest BCUT2D eigenvalue weighted by Crippen LogP contribution is 2.47. The molecule has 2 aromatic rings. The van der Waals surface area contributed by atoms with E-state index in [9.17, 15) is 25.2 Å². The number of Topliss-reactive ketones (excluding diaryl/α,β-unsaturated/α-hetero) is 1. The van der Waals surface area contributed by atoms with Gasteiger partial charge in [0.1, 0.15) is 40.4 Å². The van der Waals surface area contributed by atoms with Crippen molar-refractivity contribution in [1.29, 1.82) is 0 Å². The van der Waals surface area contributed by atoms with Crippen LogP contribution in [0.4, 0.5) is 0 Å². The maximum atomic E-state index is 12.9. The number of allylic oxidation sites excluding steroid dienone is 2. The minimum absolute atomic E-state index is 0.0115. The first kappa shape index (κ1) is 22.3. The standard InChI is InChI=1S/C25H28O6/c1-13(2)5-6-15(14(3)4)9-18-20(28)11-21(29)24-22(30)12-23(31-25(18)24)17-8-7-16(26)10-19(17)27/h7-8,10-11,15,23,26-29H,1,3,5-6,9,12H2,2,4H3/t15-,23+/m1/s1. The van der Waals surface area contributed by atoms with Crippen LogP contribution >= 0.6 is 0 Å². The molecule has 0 amide bonds. The molecule has 0 saturated carbocycles. The molecule has 0 saturated heterocycles. The lowest BCUT2D eigenvalue weighted by Gasteiger charge is -2.30. The molecule has 0 bridgehead atoms. The zero-order valence-electron chi connectivity index (χ0n) is 17.8. The van der Waals surface area contributed by atoms with Gasteiger partial charge in [0.2, 0.25) is 0 Å². The van der Waals surface area contributed by atoms with Crippen molar-refractivity contribution in [1.82, 2.24) is 0 Å². The number of fused-ring (bicyclic) bond motifs is 1. The highest BCUT2D eigenvalue weighted by Gasteiger charge is 2.35. The van der Waals surface area contributed by atoms with Crippen molar-refractivity contribution < 1.29 is 30.0 Å². The minimum atomic E-state index is -0.820. The van der Waals surface area contributed by atoms with Gasteiger partial charge in [-0.2, -0.15) is 0 Å². The smallest absolute Gasteiger partial charge is 0.174 e. The molecule has 1 aliphatic rings. The highest BCUT2D eigenvalue weighted by molar-refractivity contribution is 6.03. The van der Waals surface area contributed by atoms with Crippen LogP contribution < -0.4 is 4.74 Å². The molecule has 0 radical (unpaired) electrons. The molecular formula is C25H28O6. The van der Waals surface area contributed by atoms with Crippen LogP contribution in [-0.4, -0.2) is 26.2 Å². The van der Waals surface area contributed by atoms with Crippen molar-refractivity contribution in [3.63, 3.8) is 0 Å². The summed E-state index contributed by atoms with van der Waals surface area (Å²) in [6, 6.07) is 5.23. The van der Waals surface area contributed by atoms with E-state index in [0.717, 1.165) is 24.0 Å². The number of phenols is 4. The van der Waals surface area contributed by atoms with Gasteiger partial charge in [-0.25, -0.2) is 0 Å². The van der Waals surface area contributed by atoms with Gasteiger partial charge in [-0.3, -0.25) is 4.79 Å². The number of benzene rings is 2. The van der Waals surface area contributed by atoms with Gasteiger partial charge in [-0.05, 0) is 51.2 Å². The maximum absolute atomic E-state index is 12.9. The molecule has 6 heteroatoms. The summed E-state index contributed by atoms with van der Waals surface area (Å²) >= 11 is 0. The Labute approximate surface area is 181 Å². The van der Waals surface area contributed by atoms with Crippen LogP contribution in [0.5, 0.6) is 28.7 Å². The summed E-state index contributed by atoms with van der Waals surface area (Å²) in [6.45, 7) is 11.9. The van der Waals surface area contributed by atoms with Crippen molar-refractivity contribution in [3.8, 4) is 28.7 Å². The summed E-state index contributed by atoms with van der Waals surface area (Å²) in [4.78, 5) is 12.9. The molecule has 0 aromatic heterocycles. The van der Waals surface area contributed by atoms with Gasteiger partial charge < -0.3 is 25.2 Å². The Morgan fingerprint density at radius 2 is 1.81 bits per heavy atom. The molecule has 31 heavy (non-hydrogen) atoms. The van der Waals surface area contributed by atoms with Gasteiger partial charge >= 0.3 is 0 Å². The predicted molar refractivity (Wildman–Crippen MR) is 118 cm³/mol. The molecule has 2 aromatic carbocycles. The van der Waals surface area contributed by atoms with E-state index in [2.05, 4.69) is 13.2 Å². The lowest BCUT2D eigenvalue weighted by Crippen LogP contribution is -2.22. The van der Waals surface area contributed by atoms with Crippen molar-refractivity contribution in [2.24, 2.45) is 5.92 Å². The van der Waals surface area contributed by atoms with Crippen molar-refractivity contribution >= 4 is 5.78 Å². The van der Waals surface area contributed by atoms with E-state index < -0.39 is 6.10 Å². The molecule has 1 aliphatic heterocycles. The Balaban J connectivity index is 2.04. The average Bonchev–Trinajstić information content (AvgIpc) is 2.66. The van der Waals surface area contributed by atoms with E-state index in [-0.39, 0.29) is 52.4 Å². The van der Waals surface area contributed by atoms with Gasteiger partial charge in [0.05, 0.1) is 6.42 Å². The largest absolute Gasteiger partial charge is 0.508 e. The Morgan fingerprint density at radius 1 is 1.10 bits per heavy atom. The first-order chi connectivity index (χ1) is 14.6. The summed E-state index contributed by atoms with van der Waals surface area (Å²) in [6.07, 6.45) is 1.03. The number of aromatic hydroxyl groups is 4. The monoisotopic (exact) mass is 424 g/mol. The first-order valence-corrected chi connectivity index (χ1v) is 10.2. The van der Waals surface area contributed by atoms with Crippen LogP contribution in [0.2, 0.25) is 0 Å². The van der Waals surface area contributed by atoms with Crippen LogP contribution in [0.3, 0.4) is 0 Å². The quantitative estimate of drug-likeness (QED) is 0.449. The van der Waals surface area contributed by atoms with Gasteiger partial charge in [0, 0.05) is 23.3 Å². The van der Waals surface area contributed by atoms with E-state index in [4.69, 9.17) is 4.74 Å². The molecule has 3 rings (SSSR count). The minimum Gasteiger partial charge on any atom is -0.508 e. The van der Waals surface area contributed by atoms with Crippen molar-refractivity contribution in [3.05, 3.63) is 65.3 Å². The Kier molecular flexibility index (Phi) is 6.29. The second-order valence-corrected chi connectivity index (χ2v) is 8.32. The van der Waals surface area contributed by atoms with Gasteiger partial charge in [-0.1, -0.05) is 17.7 Å². The summed E-state index contributed by atoms with van der Waals surface area (Å²) in [5.41, 5.74) is 2.75. The van der Waals surface area contributed by atoms with Crippen LogP contribution in [0.1, 0.15) is 60.7 Å². The Hall–Kier alpha value is -3.41. The molecule has 0 fully saturated rings. The number of hydrogen-bond acceptors (Lipinski definition) is 6. The zero-order chi connectivity index (χ0) is 22.9. The third-order valence-corrected chi connectivity index (χ3v) is 5.68. The number of rotatable bonds is 7. The predicted octanol–water partition coefficient (Wildman–Crippen LogP) is 5.31. The van der Waals surface area contributed by atoms with Crippen LogP contribution in [-0.2, 0) is 6.42 Å². The van der Waals surface area contributed by atoms with Gasteiger partial charge in [0.25, 0.3) is 0 Å². The van der Waals surface area contributed by atoms with Gasteiger partial charge in [-0.15, -0.1) is 6.58 Å². The average molecular weight is 424 g/mol. The molecule has 2 atom stereocenters. The Bertz CT molecular complexity index is 1050. The molecule has 0 spiro atoms. The molecular weight excluding hydrogens is 396 g/mol. The first-order valence-electron chi connectivity index (χ1n) is 10.2. The van der Waals surface area contributed by atoms with E-state index in [1.165, 1.54) is 24.3 Å². The zero-order valence-corrected chi connectivity index (χ0v) is 17.8. The molecule has 164 valence electrons. The van der Waals surface area contributed by atoms with E-state index in [0.29, 0.717) is 17.5 Å². The molecule has 1 heterocycles. The fraction of sp³-hybridized carbons (Fsp3) is 0.320. The Morgan fingerprint density at radius 3 is 2.42 bits per heavy atom. The maximum Gasteiger partial charge on any atom is 0.174 e. The van der Waals surface area contributed by atoms with Crippen LogP contribution in [0, 0.1) is 5.92 Å². The number of carbonyl (C=O) groups excluding carboxylic acids is 1. The van der Waals surface area contributed by atoms with E-state index in [1.54, 1.807) is 0 Å². The summed E-state index contributed by atoms with van der Waals surface area (Å²) in [5.74, 6) is -1.05. The number of carbonyl (C=O) groups is 1. The number of phenolic OH excluding ortho intramolecular Hbond substituents is 4. The van der Waals surface area contributed by atoms with E-state index in [1.807, 2.05) is 13.8 Å². The molecule has 4 N–H and O–H groups in total. The van der Waals surface area contributed by atoms with Gasteiger partial charge in [0.15, 0.2) is 5.78 Å². The number of ketones is 1. The lowest BCUT2D eigenvalue weighted by atomic mass is 9.85. The summed E-state index contributed by atoms with van der Waals surface area (Å²) < 4.78 is 6.08. The number of hydrogen-bond donors (Lipinski definition) is 4. The SMILES string of the molecule is C=C(C)CC[C@H](Cc1c(O)cc(O)c2c1O[C@H](c1ccc(O)cc1O)CC2=O)C(=C)C.